The Kier molecular flexibility index (Phi) is 4.42. The smallest absolute Gasteiger partial charge is 0.322 e. The molecule has 0 fully saturated rings. The lowest BCUT2D eigenvalue weighted by Gasteiger charge is -2.30. The number of carbonyl (C=O) groups is 2. The summed E-state index contributed by atoms with van der Waals surface area (Å²) in [5.41, 5.74) is 1.09. The highest BCUT2D eigenvalue weighted by Crippen LogP contribution is 2.38. The van der Waals surface area contributed by atoms with E-state index in [9.17, 15) is 29.8 Å². The number of non-ortho nitro benzene ring substituents is 2. The molecule has 2 aromatic carbocycles. The van der Waals surface area contributed by atoms with Gasteiger partial charge in [-0.1, -0.05) is 18.2 Å². The summed E-state index contributed by atoms with van der Waals surface area (Å²) in [5, 5.41) is 24.9. The van der Waals surface area contributed by atoms with Crippen molar-refractivity contribution in [3.05, 3.63) is 85.6 Å². The molecule has 0 bridgehead atoms. The molecule has 0 radical (unpaired) electrons. The van der Waals surface area contributed by atoms with Crippen molar-refractivity contribution in [2.75, 3.05) is 18.5 Å². The Morgan fingerprint density at radius 3 is 2.30 bits per heavy atom. The zero-order valence-electron chi connectivity index (χ0n) is 15.6. The van der Waals surface area contributed by atoms with E-state index in [0.29, 0.717) is 16.9 Å². The van der Waals surface area contributed by atoms with Gasteiger partial charge in [0.2, 0.25) is 0 Å². The summed E-state index contributed by atoms with van der Waals surface area (Å²) in [5.74, 6) is -0.436. The number of anilines is 1. The highest BCUT2D eigenvalue weighted by Gasteiger charge is 2.43. The Labute approximate surface area is 169 Å². The minimum Gasteiger partial charge on any atom is -0.327 e. The van der Waals surface area contributed by atoms with E-state index in [1.807, 2.05) is 0 Å². The van der Waals surface area contributed by atoms with E-state index in [-0.39, 0.29) is 23.5 Å². The SMILES string of the molecule is CN1C(=O)NC(c2cccc([N+](=O)[O-])c2)C2=C1CN(c1cccc([N+](=O)[O-])c1)C2=O. The minimum atomic E-state index is -0.875. The van der Waals surface area contributed by atoms with Crippen LogP contribution in [0.1, 0.15) is 11.6 Å². The zero-order chi connectivity index (χ0) is 21.6. The van der Waals surface area contributed by atoms with Gasteiger partial charge in [0.15, 0.2) is 0 Å². The van der Waals surface area contributed by atoms with Gasteiger partial charge < -0.3 is 10.2 Å². The van der Waals surface area contributed by atoms with Crippen molar-refractivity contribution in [2.45, 2.75) is 6.04 Å². The third kappa shape index (κ3) is 3.02. The van der Waals surface area contributed by atoms with Gasteiger partial charge in [-0.05, 0) is 11.6 Å². The lowest BCUT2D eigenvalue weighted by molar-refractivity contribution is -0.385. The molecule has 11 nitrogen and oxygen atoms in total. The van der Waals surface area contributed by atoms with E-state index in [1.54, 1.807) is 12.1 Å². The van der Waals surface area contributed by atoms with Crippen molar-refractivity contribution < 1.29 is 19.4 Å². The molecule has 11 heteroatoms. The molecule has 1 N–H and O–H groups in total. The van der Waals surface area contributed by atoms with Crippen LogP contribution in [0, 0.1) is 20.2 Å². The average Bonchev–Trinajstić information content (AvgIpc) is 3.08. The van der Waals surface area contributed by atoms with Crippen LogP contribution in [-0.2, 0) is 4.79 Å². The number of likely N-dealkylation sites (N-methyl/N-ethyl adjacent to an activating group) is 1. The Balaban J connectivity index is 1.76. The molecule has 2 aliphatic rings. The Hall–Kier alpha value is -4.28. The lowest BCUT2D eigenvalue weighted by atomic mass is 9.95. The normalized spacial score (nSPS) is 18.4. The van der Waals surface area contributed by atoms with E-state index in [0.717, 1.165) is 0 Å². The average molecular weight is 409 g/mol. The minimum absolute atomic E-state index is 0.0463. The fourth-order valence-electron chi connectivity index (χ4n) is 3.62. The molecule has 1 unspecified atom stereocenters. The van der Waals surface area contributed by atoms with Gasteiger partial charge in [-0.3, -0.25) is 29.9 Å². The van der Waals surface area contributed by atoms with Gasteiger partial charge in [-0.2, -0.15) is 0 Å². The molecule has 152 valence electrons. The van der Waals surface area contributed by atoms with Gasteiger partial charge in [-0.25, -0.2) is 4.79 Å². The third-order valence-corrected chi connectivity index (χ3v) is 5.13. The maximum absolute atomic E-state index is 13.3. The molecule has 0 spiro atoms. The number of urea groups is 1. The first-order chi connectivity index (χ1) is 14.3. The van der Waals surface area contributed by atoms with E-state index in [4.69, 9.17) is 0 Å². The second-order valence-electron chi connectivity index (χ2n) is 6.82. The van der Waals surface area contributed by atoms with Crippen LogP contribution in [0.5, 0.6) is 0 Å². The molecule has 4 rings (SSSR count). The van der Waals surface area contributed by atoms with Crippen LogP contribution < -0.4 is 10.2 Å². The van der Waals surface area contributed by atoms with Crippen LogP contribution in [0.15, 0.2) is 59.8 Å². The molecular formula is C19H15N5O6. The predicted octanol–water partition coefficient (Wildman–Crippen LogP) is 2.50. The van der Waals surface area contributed by atoms with Crippen molar-refractivity contribution in [1.29, 1.82) is 0 Å². The fourth-order valence-corrected chi connectivity index (χ4v) is 3.62. The molecule has 2 heterocycles. The Morgan fingerprint density at radius 1 is 1.00 bits per heavy atom. The van der Waals surface area contributed by atoms with Crippen molar-refractivity contribution >= 4 is 29.0 Å². The first-order valence-corrected chi connectivity index (χ1v) is 8.86. The van der Waals surface area contributed by atoms with Crippen molar-refractivity contribution in [3.63, 3.8) is 0 Å². The summed E-state index contributed by atoms with van der Waals surface area (Å²) < 4.78 is 0. The summed E-state index contributed by atoms with van der Waals surface area (Å²) in [6.45, 7) is 0.0463. The second kappa shape index (κ2) is 6.95. The number of nitro groups is 2. The molecule has 2 aliphatic heterocycles. The standard InChI is InChI=1S/C19H15N5O6/c1-21-15-10-22(12-5-3-7-14(9-12)24(29)30)18(25)16(15)17(20-19(21)26)11-4-2-6-13(8-11)23(27)28/h2-9,17H,10H2,1H3,(H,20,26). The number of nitrogens with one attached hydrogen (secondary N) is 1. The molecule has 1 atom stereocenters. The summed E-state index contributed by atoms with van der Waals surface area (Å²) in [6, 6.07) is 10.0. The second-order valence-corrected chi connectivity index (χ2v) is 6.82. The van der Waals surface area contributed by atoms with Gasteiger partial charge in [0, 0.05) is 31.3 Å². The number of hydrogen-bond donors (Lipinski definition) is 1. The Bertz CT molecular complexity index is 1140. The van der Waals surface area contributed by atoms with Gasteiger partial charge in [-0.15, -0.1) is 0 Å². The number of nitro benzene ring substituents is 2. The molecule has 3 amide bonds. The van der Waals surface area contributed by atoms with E-state index >= 15 is 0 Å². The van der Waals surface area contributed by atoms with Crippen molar-refractivity contribution in [1.82, 2.24) is 10.2 Å². The van der Waals surface area contributed by atoms with Crippen LogP contribution in [-0.4, -0.2) is 40.3 Å². The number of hydrogen-bond acceptors (Lipinski definition) is 6. The molecular weight excluding hydrogens is 394 g/mol. The van der Waals surface area contributed by atoms with Crippen molar-refractivity contribution in [2.24, 2.45) is 0 Å². The van der Waals surface area contributed by atoms with Crippen LogP contribution in [0.2, 0.25) is 0 Å². The maximum atomic E-state index is 13.3. The quantitative estimate of drug-likeness (QED) is 0.608. The zero-order valence-corrected chi connectivity index (χ0v) is 15.6. The van der Waals surface area contributed by atoms with Crippen LogP contribution >= 0.6 is 0 Å². The molecule has 0 aliphatic carbocycles. The maximum Gasteiger partial charge on any atom is 0.322 e. The van der Waals surface area contributed by atoms with E-state index in [2.05, 4.69) is 5.32 Å². The summed E-state index contributed by atoms with van der Waals surface area (Å²) in [7, 11) is 1.51. The van der Waals surface area contributed by atoms with Crippen LogP contribution in [0.3, 0.4) is 0 Å². The number of amides is 3. The third-order valence-electron chi connectivity index (χ3n) is 5.13. The highest BCUT2D eigenvalue weighted by molar-refractivity contribution is 6.11. The molecule has 2 aromatic rings. The largest absolute Gasteiger partial charge is 0.327 e. The topological polar surface area (TPSA) is 139 Å². The summed E-state index contributed by atoms with van der Waals surface area (Å²) in [6.07, 6.45) is 0. The van der Waals surface area contributed by atoms with Crippen LogP contribution in [0.4, 0.5) is 21.9 Å². The lowest BCUT2D eigenvalue weighted by Crippen LogP contribution is -2.45. The molecule has 0 saturated carbocycles. The number of nitrogens with zero attached hydrogens (tertiary/aromatic N) is 4. The summed E-state index contributed by atoms with van der Waals surface area (Å²) in [4.78, 5) is 49.5. The highest BCUT2D eigenvalue weighted by atomic mass is 16.6. The van der Waals surface area contributed by atoms with Gasteiger partial charge in [0.1, 0.15) is 0 Å². The number of rotatable bonds is 4. The van der Waals surface area contributed by atoms with E-state index in [1.165, 1.54) is 53.2 Å². The summed E-state index contributed by atoms with van der Waals surface area (Å²) >= 11 is 0. The van der Waals surface area contributed by atoms with Gasteiger partial charge in [0.25, 0.3) is 17.3 Å². The van der Waals surface area contributed by atoms with Crippen molar-refractivity contribution in [3.8, 4) is 0 Å². The fraction of sp³-hybridized carbons (Fsp3) is 0.158. The monoisotopic (exact) mass is 409 g/mol. The number of benzene rings is 2. The number of carbonyl (C=O) groups excluding carboxylic acids is 2. The van der Waals surface area contributed by atoms with E-state index < -0.39 is 27.8 Å². The first kappa shape index (κ1) is 19.1. The molecule has 0 aromatic heterocycles. The first-order valence-electron chi connectivity index (χ1n) is 8.86. The molecule has 0 saturated heterocycles. The van der Waals surface area contributed by atoms with Gasteiger partial charge >= 0.3 is 6.03 Å². The predicted molar refractivity (Wildman–Crippen MR) is 105 cm³/mol. The Morgan fingerprint density at radius 2 is 1.63 bits per heavy atom. The molecule has 30 heavy (non-hydrogen) atoms. The van der Waals surface area contributed by atoms with Gasteiger partial charge in [0.05, 0.1) is 39.4 Å². The van der Waals surface area contributed by atoms with Crippen LogP contribution in [0.25, 0.3) is 0 Å².